The van der Waals surface area contributed by atoms with Crippen LogP contribution >= 0.6 is 11.6 Å². The molecule has 0 aliphatic rings. The molecule has 4 aromatic rings. The molecule has 34 heavy (non-hydrogen) atoms. The first-order valence-electron chi connectivity index (χ1n) is 10.5. The number of para-hydroxylation sites is 1. The average molecular weight is 488 g/mol. The summed E-state index contributed by atoms with van der Waals surface area (Å²) in [6, 6.07) is 18.2. The number of hydrogen-bond acceptors (Lipinski definition) is 4. The van der Waals surface area contributed by atoms with Crippen LogP contribution in [0.1, 0.15) is 16.8 Å². The molecule has 0 atom stereocenters. The van der Waals surface area contributed by atoms with Gasteiger partial charge in [0.15, 0.2) is 0 Å². The minimum Gasteiger partial charge on any atom is -0.492 e. The van der Waals surface area contributed by atoms with Crippen LogP contribution in [0.25, 0.3) is 10.9 Å². The van der Waals surface area contributed by atoms with Gasteiger partial charge in [-0.3, -0.25) is 9.78 Å². The highest BCUT2D eigenvalue weighted by atomic mass is 35.5. The Bertz CT molecular complexity index is 1340. The molecule has 0 aliphatic carbocycles. The maximum atomic E-state index is 13.2. The van der Waals surface area contributed by atoms with E-state index < -0.39 is 11.7 Å². The van der Waals surface area contributed by atoms with Gasteiger partial charge in [0.1, 0.15) is 12.4 Å². The fourth-order valence-electron chi connectivity index (χ4n) is 3.60. The number of aromatic nitrogens is 2. The van der Waals surface area contributed by atoms with Crippen molar-refractivity contribution in [1.82, 2.24) is 14.9 Å². The van der Waals surface area contributed by atoms with Crippen molar-refractivity contribution in [1.29, 1.82) is 0 Å². The monoisotopic (exact) mass is 487 g/mol. The predicted octanol–water partition coefficient (Wildman–Crippen LogP) is 5.44. The molecule has 2 aromatic carbocycles. The number of fused-ring (bicyclic) bond motifs is 1. The van der Waals surface area contributed by atoms with E-state index in [1.807, 2.05) is 36.4 Å². The number of nitrogens with one attached hydrogen (secondary N) is 1. The number of benzene rings is 2. The zero-order valence-electron chi connectivity index (χ0n) is 18.0. The number of nitrogens with zero attached hydrogens (tertiary/aromatic N) is 2. The van der Waals surface area contributed by atoms with Crippen LogP contribution in [0.4, 0.5) is 13.2 Å². The lowest BCUT2D eigenvalue weighted by atomic mass is 10.1. The summed E-state index contributed by atoms with van der Waals surface area (Å²) in [5.74, 6) is 0.698. The highest BCUT2D eigenvalue weighted by Crippen LogP contribution is 2.29. The van der Waals surface area contributed by atoms with E-state index in [1.165, 1.54) is 0 Å². The predicted molar refractivity (Wildman–Crippen MR) is 125 cm³/mol. The van der Waals surface area contributed by atoms with Gasteiger partial charge < -0.3 is 14.6 Å². The lowest BCUT2D eigenvalue weighted by Crippen LogP contribution is -2.29. The van der Waals surface area contributed by atoms with Crippen molar-refractivity contribution in [2.75, 3.05) is 6.61 Å². The Labute approximate surface area is 198 Å². The van der Waals surface area contributed by atoms with Gasteiger partial charge in [-0.1, -0.05) is 35.9 Å². The van der Waals surface area contributed by atoms with Crippen LogP contribution in [0.3, 0.4) is 0 Å². The van der Waals surface area contributed by atoms with Gasteiger partial charge in [-0.25, -0.2) is 0 Å². The van der Waals surface area contributed by atoms with Crippen LogP contribution in [0, 0.1) is 0 Å². The van der Waals surface area contributed by atoms with Crippen molar-refractivity contribution in [3.63, 3.8) is 0 Å². The van der Waals surface area contributed by atoms with Gasteiger partial charge in [0.05, 0.1) is 23.3 Å². The largest absolute Gasteiger partial charge is 0.492 e. The molecule has 0 unspecified atom stereocenters. The summed E-state index contributed by atoms with van der Waals surface area (Å²) < 4.78 is 46.1. The molecule has 0 spiro atoms. The maximum absolute atomic E-state index is 13.2. The summed E-state index contributed by atoms with van der Waals surface area (Å²) in [4.78, 5) is 17.2. The van der Waals surface area contributed by atoms with E-state index in [2.05, 4.69) is 10.3 Å². The zero-order valence-corrected chi connectivity index (χ0v) is 18.7. The number of hydrogen-bond donors (Lipinski definition) is 1. The fourth-order valence-corrected chi connectivity index (χ4v) is 3.77. The molecule has 0 radical (unpaired) electrons. The fraction of sp³-hybridized carbons (Fsp3) is 0.200. The van der Waals surface area contributed by atoms with E-state index >= 15 is 0 Å². The first-order chi connectivity index (χ1) is 16.3. The third-order valence-corrected chi connectivity index (χ3v) is 5.46. The van der Waals surface area contributed by atoms with Gasteiger partial charge in [0.2, 0.25) is 0 Å². The van der Waals surface area contributed by atoms with Crippen LogP contribution in [0.5, 0.6) is 5.75 Å². The molecule has 0 saturated carbocycles. The zero-order chi connectivity index (χ0) is 24.1. The summed E-state index contributed by atoms with van der Waals surface area (Å²) in [5.41, 5.74) is 0.400. The number of pyridine rings is 2. The molecular formula is C25H21ClF3N3O2. The first kappa shape index (κ1) is 23.8. The summed E-state index contributed by atoms with van der Waals surface area (Å²) in [6.07, 6.45) is -3.31. The van der Waals surface area contributed by atoms with E-state index in [1.54, 1.807) is 22.8 Å². The van der Waals surface area contributed by atoms with Gasteiger partial charge >= 0.3 is 6.18 Å². The summed E-state index contributed by atoms with van der Waals surface area (Å²) in [6.45, 7) is 0.818. The molecule has 0 saturated heterocycles. The molecule has 5 nitrogen and oxygen atoms in total. The smallest absolute Gasteiger partial charge is 0.416 e. The van der Waals surface area contributed by atoms with Crippen molar-refractivity contribution in [2.45, 2.75) is 25.8 Å². The van der Waals surface area contributed by atoms with E-state index in [4.69, 9.17) is 16.3 Å². The van der Waals surface area contributed by atoms with Crippen LogP contribution in [0.15, 0.2) is 77.7 Å². The van der Waals surface area contributed by atoms with Crippen LogP contribution in [-0.4, -0.2) is 16.2 Å². The number of ether oxygens (including phenoxy) is 1. The molecule has 176 valence electrons. The third kappa shape index (κ3) is 5.76. The number of alkyl halides is 3. The normalized spacial score (nSPS) is 11.6. The Kier molecular flexibility index (Phi) is 7.19. The average Bonchev–Trinajstić information content (AvgIpc) is 2.82. The van der Waals surface area contributed by atoms with E-state index in [0.29, 0.717) is 28.4 Å². The van der Waals surface area contributed by atoms with Crippen LogP contribution in [-0.2, 0) is 25.8 Å². The molecule has 0 bridgehead atoms. The van der Waals surface area contributed by atoms with Gasteiger partial charge in [-0.2, -0.15) is 13.2 Å². The highest BCUT2D eigenvalue weighted by Gasteiger charge is 2.30. The van der Waals surface area contributed by atoms with Crippen LogP contribution < -0.4 is 15.6 Å². The minimum atomic E-state index is -4.44. The van der Waals surface area contributed by atoms with Crippen LogP contribution in [0.2, 0.25) is 5.02 Å². The molecule has 0 fully saturated rings. The second-order valence-electron chi connectivity index (χ2n) is 7.63. The van der Waals surface area contributed by atoms with E-state index in [-0.39, 0.29) is 30.9 Å². The summed E-state index contributed by atoms with van der Waals surface area (Å²) in [5, 5.41) is 4.35. The topological polar surface area (TPSA) is 56.2 Å². The lowest BCUT2D eigenvalue weighted by Gasteiger charge is -2.15. The maximum Gasteiger partial charge on any atom is 0.416 e. The molecule has 2 heterocycles. The molecule has 9 heteroatoms. The molecule has 4 rings (SSSR count). The Morgan fingerprint density at radius 3 is 2.56 bits per heavy atom. The second kappa shape index (κ2) is 10.3. The Balaban J connectivity index is 1.53. The first-order valence-corrected chi connectivity index (χ1v) is 10.9. The van der Waals surface area contributed by atoms with E-state index in [9.17, 15) is 18.0 Å². The number of halogens is 4. The van der Waals surface area contributed by atoms with Crippen molar-refractivity contribution in [3.05, 3.63) is 105 Å². The van der Waals surface area contributed by atoms with Gasteiger partial charge in [0, 0.05) is 29.9 Å². The van der Waals surface area contributed by atoms with Crippen molar-refractivity contribution in [3.8, 4) is 5.75 Å². The summed E-state index contributed by atoms with van der Waals surface area (Å²) in [7, 11) is 0. The minimum absolute atomic E-state index is 0.0825. The molecular weight excluding hydrogens is 467 g/mol. The van der Waals surface area contributed by atoms with Gasteiger partial charge in [-0.05, 0) is 47.9 Å². The second-order valence-corrected chi connectivity index (χ2v) is 8.06. The Morgan fingerprint density at radius 1 is 1.00 bits per heavy atom. The quantitative estimate of drug-likeness (QED) is 0.360. The molecule has 0 aliphatic heterocycles. The number of rotatable bonds is 8. The molecule has 0 amide bonds. The van der Waals surface area contributed by atoms with Gasteiger partial charge in [0.25, 0.3) is 5.56 Å². The highest BCUT2D eigenvalue weighted by molar-refractivity contribution is 6.31. The third-order valence-electron chi connectivity index (χ3n) is 5.23. The van der Waals surface area contributed by atoms with Crippen molar-refractivity contribution >= 4 is 22.5 Å². The van der Waals surface area contributed by atoms with E-state index in [0.717, 1.165) is 23.7 Å². The molecule has 1 N–H and O–H groups in total. The Morgan fingerprint density at radius 2 is 1.79 bits per heavy atom. The lowest BCUT2D eigenvalue weighted by molar-refractivity contribution is -0.137. The standard InChI is InChI=1S/C25H21ClF3N3O2/c26-20-7-6-17-12-18(15-30-16-21-13-19(8-9-31-21)25(27,28)29)24(33)32(23(17)14-20)10-11-34-22-4-2-1-3-5-22/h1-9,12-14,30H,10-11,15-16H2. The SMILES string of the molecule is O=c1c(CNCc2cc(C(F)(F)F)ccn2)cc2ccc(Cl)cc2n1CCOc1ccccc1. The molecule has 2 aromatic heterocycles. The summed E-state index contributed by atoms with van der Waals surface area (Å²) >= 11 is 6.16. The van der Waals surface area contributed by atoms with Crippen molar-refractivity contribution in [2.24, 2.45) is 0 Å². The van der Waals surface area contributed by atoms with Gasteiger partial charge in [-0.15, -0.1) is 0 Å². The van der Waals surface area contributed by atoms with Crippen molar-refractivity contribution < 1.29 is 17.9 Å². The Hall–Kier alpha value is -3.36.